The highest BCUT2D eigenvalue weighted by molar-refractivity contribution is 5.44. The van der Waals surface area contributed by atoms with Gasteiger partial charge in [0.2, 0.25) is 0 Å². The van der Waals surface area contributed by atoms with Crippen molar-refractivity contribution in [3.63, 3.8) is 0 Å². The zero-order chi connectivity index (χ0) is 8.81. The van der Waals surface area contributed by atoms with Gasteiger partial charge in [0.15, 0.2) is 0 Å². The second-order valence-corrected chi connectivity index (χ2v) is 2.36. The summed E-state index contributed by atoms with van der Waals surface area (Å²) in [5.41, 5.74) is 1.94. The summed E-state index contributed by atoms with van der Waals surface area (Å²) in [5, 5.41) is 7.69. The van der Waals surface area contributed by atoms with Crippen LogP contribution in [-0.2, 0) is 11.3 Å². The van der Waals surface area contributed by atoms with Crippen molar-refractivity contribution in [3.05, 3.63) is 29.8 Å². The Kier molecular flexibility index (Phi) is 3.41. The summed E-state index contributed by atoms with van der Waals surface area (Å²) in [4.78, 5) is 0. The SMILES string of the molecule is CN=Nc1ccccc1COC. The third-order valence-electron chi connectivity index (χ3n) is 1.50. The van der Waals surface area contributed by atoms with Gasteiger partial charge in [-0.05, 0) is 6.07 Å². The van der Waals surface area contributed by atoms with Crippen LogP contribution < -0.4 is 0 Å². The largest absolute Gasteiger partial charge is 0.380 e. The average Bonchev–Trinajstić information content (AvgIpc) is 2.09. The van der Waals surface area contributed by atoms with Gasteiger partial charge in [0.1, 0.15) is 0 Å². The molecule has 0 amide bonds. The Labute approximate surface area is 72.1 Å². The van der Waals surface area contributed by atoms with E-state index in [1.54, 1.807) is 14.2 Å². The number of benzene rings is 1. The second-order valence-electron chi connectivity index (χ2n) is 2.36. The van der Waals surface area contributed by atoms with Gasteiger partial charge in [-0.2, -0.15) is 10.2 Å². The van der Waals surface area contributed by atoms with Gasteiger partial charge < -0.3 is 4.74 Å². The summed E-state index contributed by atoms with van der Waals surface area (Å²) < 4.78 is 5.01. The summed E-state index contributed by atoms with van der Waals surface area (Å²) in [6, 6.07) is 7.79. The average molecular weight is 164 g/mol. The number of methoxy groups -OCH3 is 1. The number of azo groups is 1. The fourth-order valence-electron chi connectivity index (χ4n) is 0.994. The van der Waals surface area contributed by atoms with Gasteiger partial charge in [-0.3, -0.25) is 0 Å². The van der Waals surface area contributed by atoms with Gasteiger partial charge in [0.25, 0.3) is 0 Å². The third kappa shape index (κ3) is 2.13. The van der Waals surface area contributed by atoms with E-state index in [9.17, 15) is 0 Å². The molecule has 1 aromatic carbocycles. The number of hydrogen-bond acceptors (Lipinski definition) is 3. The van der Waals surface area contributed by atoms with E-state index in [1.807, 2.05) is 24.3 Å². The van der Waals surface area contributed by atoms with Crippen molar-refractivity contribution in [3.8, 4) is 0 Å². The van der Waals surface area contributed by atoms with E-state index >= 15 is 0 Å². The van der Waals surface area contributed by atoms with Crippen molar-refractivity contribution in [1.29, 1.82) is 0 Å². The zero-order valence-electron chi connectivity index (χ0n) is 7.32. The van der Waals surface area contributed by atoms with Crippen LogP contribution in [0.2, 0.25) is 0 Å². The predicted octanol–water partition coefficient (Wildman–Crippen LogP) is 2.55. The highest BCUT2D eigenvalue weighted by Crippen LogP contribution is 2.19. The summed E-state index contributed by atoms with van der Waals surface area (Å²) in [6.45, 7) is 0.579. The third-order valence-corrected chi connectivity index (χ3v) is 1.50. The molecule has 0 saturated heterocycles. The quantitative estimate of drug-likeness (QED) is 0.632. The molecule has 1 rings (SSSR count). The summed E-state index contributed by atoms with van der Waals surface area (Å²) in [5.74, 6) is 0. The number of ether oxygens (including phenoxy) is 1. The molecular weight excluding hydrogens is 152 g/mol. The van der Waals surface area contributed by atoms with Crippen LogP contribution in [0.5, 0.6) is 0 Å². The molecule has 12 heavy (non-hydrogen) atoms. The maximum absolute atomic E-state index is 5.01. The Morgan fingerprint density at radius 1 is 1.33 bits per heavy atom. The van der Waals surface area contributed by atoms with E-state index in [4.69, 9.17) is 4.74 Å². The first-order valence-corrected chi connectivity index (χ1v) is 3.75. The van der Waals surface area contributed by atoms with Crippen LogP contribution in [0.1, 0.15) is 5.56 Å². The van der Waals surface area contributed by atoms with Gasteiger partial charge in [-0.1, -0.05) is 18.2 Å². The molecular formula is C9H12N2O. The number of nitrogens with zero attached hydrogens (tertiary/aromatic N) is 2. The fraction of sp³-hybridized carbons (Fsp3) is 0.333. The number of hydrogen-bond donors (Lipinski definition) is 0. The molecule has 0 N–H and O–H groups in total. The van der Waals surface area contributed by atoms with Crippen molar-refractivity contribution in [2.24, 2.45) is 10.2 Å². The first-order chi connectivity index (χ1) is 5.88. The standard InChI is InChI=1S/C9H12N2O/c1-10-11-9-6-4-3-5-8(9)7-12-2/h3-6H,7H2,1-2H3. The van der Waals surface area contributed by atoms with Crippen LogP contribution >= 0.6 is 0 Å². The Bertz CT molecular complexity index is 271. The molecule has 0 aliphatic carbocycles. The highest BCUT2D eigenvalue weighted by Gasteiger charge is 1.97. The molecule has 0 fully saturated rings. The molecule has 0 saturated carbocycles. The summed E-state index contributed by atoms with van der Waals surface area (Å²) in [6.07, 6.45) is 0. The van der Waals surface area contributed by atoms with E-state index in [2.05, 4.69) is 10.2 Å². The minimum atomic E-state index is 0.579. The molecule has 3 nitrogen and oxygen atoms in total. The van der Waals surface area contributed by atoms with E-state index in [-0.39, 0.29) is 0 Å². The van der Waals surface area contributed by atoms with Crippen LogP contribution in [0.25, 0.3) is 0 Å². The first-order valence-electron chi connectivity index (χ1n) is 3.75. The molecule has 0 radical (unpaired) electrons. The molecule has 0 atom stereocenters. The Morgan fingerprint density at radius 2 is 2.08 bits per heavy atom. The van der Waals surface area contributed by atoms with Crippen LogP contribution in [-0.4, -0.2) is 14.2 Å². The van der Waals surface area contributed by atoms with Crippen molar-refractivity contribution in [2.75, 3.05) is 14.2 Å². The van der Waals surface area contributed by atoms with E-state index in [1.165, 1.54) is 0 Å². The van der Waals surface area contributed by atoms with Crippen LogP contribution in [0, 0.1) is 0 Å². The van der Waals surface area contributed by atoms with Gasteiger partial charge >= 0.3 is 0 Å². The van der Waals surface area contributed by atoms with Crippen LogP contribution in [0.15, 0.2) is 34.5 Å². The summed E-state index contributed by atoms with van der Waals surface area (Å²) >= 11 is 0. The van der Waals surface area contributed by atoms with Crippen molar-refractivity contribution >= 4 is 5.69 Å². The molecule has 0 aliphatic rings. The maximum atomic E-state index is 5.01. The predicted molar refractivity (Wildman–Crippen MR) is 47.6 cm³/mol. The fourth-order valence-corrected chi connectivity index (χ4v) is 0.994. The lowest BCUT2D eigenvalue weighted by Crippen LogP contribution is -1.86. The van der Waals surface area contributed by atoms with Crippen LogP contribution in [0.4, 0.5) is 5.69 Å². The van der Waals surface area contributed by atoms with Gasteiger partial charge in [0, 0.05) is 19.7 Å². The smallest absolute Gasteiger partial charge is 0.0907 e. The molecule has 0 aromatic heterocycles. The maximum Gasteiger partial charge on any atom is 0.0907 e. The first kappa shape index (κ1) is 8.87. The topological polar surface area (TPSA) is 34.0 Å². The van der Waals surface area contributed by atoms with Gasteiger partial charge in [0.05, 0.1) is 12.3 Å². The molecule has 0 bridgehead atoms. The van der Waals surface area contributed by atoms with Crippen molar-refractivity contribution in [2.45, 2.75) is 6.61 Å². The lowest BCUT2D eigenvalue weighted by Gasteiger charge is -2.01. The van der Waals surface area contributed by atoms with E-state index in [0.29, 0.717) is 6.61 Å². The molecule has 0 aliphatic heterocycles. The van der Waals surface area contributed by atoms with Crippen molar-refractivity contribution < 1.29 is 4.74 Å². The molecule has 1 aromatic rings. The molecule has 3 heteroatoms. The Hall–Kier alpha value is -1.22. The minimum Gasteiger partial charge on any atom is -0.380 e. The Balaban J connectivity index is 2.91. The number of rotatable bonds is 3. The van der Waals surface area contributed by atoms with Gasteiger partial charge in [-0.15, -0.1) is 0 Å². The van der Waals surface area contributed by atoms with E-state index in [0.717, 1.165) is 11.3 Å². The normalized spacial score (nSPS) is 10.8. The van der Waals surface area contributed by atoms with Gasteiger partial charge in [-0.25, -0.2) is 0 Å². The lowest BCUT2D eigenvalue weighted by molar-refractivity contribution is 0.185. The van der Waals surface area contributed by atoms with E-state index < -0.39 is 0 Å². The Morgan fingerprint density at radius 3 is 2.75 bits per heavy atom. The zero-order valence-corrected chi connectivity index (χ0v) is 7.32. The minimum absolute atomic E-state index is 0.579. The molecule has 0 unspecified atom stereocenters. The monoisotopic (exact) mass is 164 g/mol. The molecule has 64 valence electrons. The molecule has 0 spiro atoms. The lowest BCUT2D eigenvalue weighted by atomic mass is 10.2. The second kappa shape index (κ2) is 4.62. The highest BCUT2D eigenvalue weighted by atomic mass is 16.5. The van der Waals surface area contributed by atoms with Crippen molar-refractivity contribution in [1.82, 2.24) is 0 Å². The molecule has 0 heterocycles. The van der Waals surface area contributed by atoms with Crippen LogP contribution in [0.3, 0.4) is 0 Å². The summed E-state index contributed by atoms with van der Waals surface area (Å²) in [7, 11) is 3.32.